The van der Waals surface area contributed by atoms with E-state index in [4.69, 9.17) is 4.74 Å². The SMILES string of the molecule is COc1ccc(S(=O)(=O)N2CCC(C)C(CNc3ncnc4[nH]ccc34)C2)cc1. The zero-order valence-electron chi connectivity index (χ0n) is 16.5. The first-order valence-electron chi connectivity index (χ1n) is 9.65. The van der Waals surface area contributed by atoms with Crippen molar-refractivity contribution in [2.45, 2.75) is 18.2 Å². The maximum atomic E-state index is 13.1. The van der Waals surface area contributed by atoms with E-state index in [9.17, 15) is 8.42 Å². The molecule has 3 aromatic rings. The van der Waals surface area contributed by atoms with Crippen molar-refractivity contribution in [1.82, 2.24) is 19.3 Å². The minimum atomic E-state index is -3.53. The van der Waals surface area contributed by atoms with E-state index in [1.807, 2.05) is 12.3 Å². The Morgan fingerprint density at radius 1 is 1.24 bits per heavy atom. The van der Waals surface area contributed by atoms with Crippen LogP contribution in [0.1, 0.15) is 13.3 Å². The molecule has 2 N–H and O–H groups in total. The van der Waals surface area contributed by atoms with Gasteiger partial charge in [0.1, 0.15) is 23.5 Å². The van der Waals surface area contributed by atoms with Gasteiger partial charge in [-0.05, 0) is 48.6 Å². The molecule has 4 rings (SSSR count). The van der Waals surface area contributed by atoms with Crippen molar-refractivity contribution in [2.75, 3.05) is 32.1 Å². The second-order valence-electron chi connectivity index (χ2n) is 7.41. The van der Waals surface area contributed by atoms with Crippen LogP contribution in [-0.2, 0) is 10.0 Å². The lowest BCUT2D eigenvalue weighted by Gasteiger charge is -2.36. The number of aromatic nitrogens is 3. The van der Waals surface area contributed by atoms with Gasteiger partial charge in [0.25, 0.3) is 0 Å². The number of piperidine rings is 1. The lowest BCUT2D eigenvalue weighted by atomic mass is 9.88. The number of hydrogen-bond donors (Lipinski definition) is 2. The van der Waals surface area contributed by atoms with E-state index in [1.54, 1.807) is 35.7 Å². The van der Waals surface area contributed by atoms with Gasteiger partial charge in [-0.25, -0.2) is 18.4 Å². The molecular formula is C20H25N5O3S. The van der Waals surface area contributed by atoms with Crippen LogP contribution in [0.25, 0.3) is 11.0 Å². The standard InChI is InChI=1S/C20H25N5O3S/c1-14-8-10-25(29(26,27)17-5-3-16(28-2)4-6-17)12-15(14)11-22-20-18-7-9-21-19(18)23-13-24-20/h3-7,9,13-15H,8,10-12H2,1-2H3,(H2,21,22,23,24). The van der Waals surface area contributed by atoms with Crippen LogP contribution in [0.3, 0.4) is 0 Å². The highest BCUT2D eigenvalue weighted by atomic mass is 32.2. The Labute approximate surface area is 170 Å². The number of rotatable bonds is 6. The lowest BCUT2D eigenvalue weighted by Crippen LogP contribution is -2.45. The molecule has 8 nitrogen and oxygen atoms in total. The number of sulfonamides is 1. The molecule has 1 aliphatic rings. The number of nitrogens with one attached hydrogen (secondary N) is 2. The molecule has 154 valence electrons. The zero-order valence-corrected chi connectivity index (χ0v) is 17.3. The number of methoxy groups -OCH3 is 1. The van der Waals surface area contributed by atoms with Crippen molar-refractivity contribution in [2.24, 2.45) is 11.8 Å². The van der Waals surface area contributed by atoms with E-state index >= 15 is 0 Å². The van der Waals surface area contributed by atoms with Gasteiger partial charge in [0.15, 0.2) is 0 Å². The first-order valence-corrected chi connectivity index (χ1v) is 11.1. The Morgan fingerprint density at radius 2 is 2.03 bits per heavy atom. The van der Waals surface area contributed by atoms with E-state index in [1.165, 1.54) is 6.33 Å². The third-order valence-electron chi connectivity index (χ3n) is 5.66. The third-order valence-corrected chi connectivity index (χ3v) is 7.54. The average Bonchev–Trinajstić information content (AvgIpc) is 3.22. The highest BCUT2D eigenvalue weighted by Gasteiger charge is 2.33. The number of H-pyrrole nitrogens is 1. The molecule has 0 aliphatic carbocycles. The highest BCUT2D eigenvalue weighted by Crippen LogP contribution is 2.29. The van der Waals surface area contributed by atoms with Crippen molar-refractivity contribution in [1.29, 1.82) is 0 Å². The van der Waals surface area contributed by atoms with Gasteiger partial charge in [-0.1, -0.05) is 6.92 Å². The summed E-state index contributed by atoms with van der Waals surface area (Å²) in [7, 11) is -1.97. The van der Waals surface area contributed by atoms with Crippen LogP contribution >= 0.6 is 0 Å². The summed E-state index contributed by atoms with van der Waals surface area (Å²) >= 11 is 0. The topological polar surface area (TPSA) is 100 Å². The lowest BCUT2D eigenvalue weighted by molar-refractivity contribution is 0.207. The fraction of sp³-hybridized carbons (Fsp3) is 0.400. The fourth-order valence-electron chi connectivity index (χ4n) is 3.74. The summed E-state index contributed by atoms with van der Waals surface area (Å²) in [5.41, 5.74) is 0.780. The van der Waals surface area contributed by atoms with Gasteiger partial charge in [-0.3, -0.25) is 0 Å². The smallest absolute Gasteiger partial charge is 0.243 e. The predicted molar refractivity (Wildman–Crippen MR) is 111 cm³/mol. The monoisotopic (exact) mass is 415 g/mol. The summed E-state index contributed by atoms with van der Waals surface area (Å²) in [6, 6.07) is 8.49. The van der Waals surface area contributed by atoms with Gasteiger partial charge in [-0.2, -0.15) is 4.31 Å². The minimum absolute atomic E-state index is 0.181. The molecule has 0 bridgehead atoms. The molecule has 2 unspecified atom stereocenters. The van der Waals surface area contributed by atoms with Crippen molar-refractivity contribution in [3.05, 3.63) is 42.9 Å². The summed E-state index contributed by atoms with van der Waals surface area (Å²) in [6.45, 7) is 3.83. The molecule has 1 saturated heterocycles. The molecule has 3 heterocycles. The quantitative estimate of drug-likeness (QED) is 0.642. The highest BCUT2D eigenvalue weighted by molar-refractivity contribution is 7.89. The first-order chi connectivity index (χ1) is 14.0. The van der Waals surface area contributed by atoms with E-state index < -0.39 is 10.0 Å². The largest absolute Gasteiger partial charge is 0.497 e. The number of anilines is 1. The van der Waals surface area contributed by atoms with Gasteiger partial charge >= 0.3 is 0 Å². The van der Waals surface area contributed by atoms with Crippen LogP contribution in [0.2, 0.25) is 0 Å². The van der Waals surface area contributed by atoms with E-state index in [2.05, 4.69) is 27.2 Å². The van der Waals surface area contributed by atoms with Gasteiger partial charge < -0.3 is 15.0 Å². The Bertz CT molecular complexity index is 1080. The second kappa shape index (κ2) is 8.00. The Hall–Kier alpha value is -2.65. The van der Waals surface area contributed by atoms with Crippen LogP contribution in [0.5, 0.6) is 5.75 Å². The molecule has 1 fully saturated rings. The maximum Gasteiger partial charge on any atom is 0.243 e. The van der Waals surface area contributed by atoms with Gasteiger partial charge in [-0.15, -0.1) is 0 Å². The van der Waals surface area contributed by atoms with E-state index in [0.717, 1.165) is 23.3 Å². The molecule has 1 aromatic carbocycles. The average molecular weight is 416 g/mol. The number of fused-ring (bicyclic) bond motifs is 1. The molecule has 9 heteroatoms. The molecule has 0 radical (unpaired) electrons. The fourth-order valence-corrected chi connectivity index (χ4v) is 5.25. The Balaban J connectivity index is 1.48. The zero-order chi connectivity index (χ0) is 20.4. The summed E-state index contributed by atoms with van der Waals surface area (Å²) in [4.78, 5) is 11.9. The normalized spacial score (nSPS) is 20.6. The number of aromatic amines is 1. The number of ether oxygens (including phenoxy) is 1. The molecule has 0 spiro atoms. The van der Waals surface area contributed by atoms with Crippen molar-refractivity contribution < 1.29 is 13.2 Å². The first kappa shape index (κ1) is 19.7. The van der Waals surface area contributed by atoms with E-state index in [0.29, 0.717) is 36.2 Å². The van der Waals surface area contributed by atoms with Crippen LogP contribution in [0.15, 0.2) is 47.8 Å². The Morgan fingerprint density at radius 3 is 2.79 bits per heavy atom. The van der Waals surface area contributed by atoms with Crippen LogP contribution < -0.4 is 10.1 Å². The number of nitrogens with zero attached hydrogens (tertiary/aromatic N) is 3. The van der Waals surface area contributed by atoms with Gasteiger partial charge in [0.2, 0.25) is 10.0 Å². The molecular weight excluding hydrogens is 390 g/mol. The molecule has 2 aromatic heterocycles. The Kier molecular flexibility index (Phi) is 5.42. The minimum Gasteiger partial charge on any atom is -0.497 e. The number of hydrogen-bond acceptors (Lipinski definition) is 6. The maximum absolute atomic E-state index is 13.1. The molecule has 29 heavy (non-hydrogen) atoms. The van der Waals surface area contributed by atoms with Crippen LogP contribution in [0, 0.1) is 11.8 Å². The van der Waals surface area contributed by atoms with Crippen molar-refractivity contribution in [3.63, 3.8) is 0 Å². The molecule has 1 aliphatic heterocycles. The van der Waals surface area contributed by atoms with Crippen molar-refractivity contribution >= 4 is 26.9 Å². The van der Waals surface area contributed by atoms with E-state index in [-0.39, 0.29) is 5.92 Å². The summed E-state index contributed by atoms with van der Waals surface area (Å²) < 4.78 is 32.9. The summed E-state index contributed by atoms with van der Waals surface area (Å²) in [6.07, 6.45) is 4.17. The molecule has 0 saturated carbocycles. The third kappa shape index (κ3) is 3.92. The van der Waals surface area contributed by atoms with Gasteiger partial charge in [0, 0.05) is 25.8 Å². The van der Waals surface area contributed by atoms with Crippen LogP contribution in [0.4, 0.5) is 5.82 Å². The van der Waals surface area contributed by atoms with Crippen molar-refractivity contribution in [3.8, 4) is 5.75 Å². The second-order valence-corrected chi connectivity index (χ2v) is 9.35. The predicted octanol–water partition coefficient (Wildman–Crippen LogP) is 2.73. The van der Waals surface area contributed by atoms with Crippen LogP contribution in [-0.4, -0.2) is 54.4 Å². The summed E-state index contributed by atoms with van der Waals surface area (Å²) in [5.74, 6) is 1.99. The molecule has 2 atom stereocenters. The number of benzene rings is 1. The summed E-state index contributed by atoms with van der Waals surface area (Å²) in [5, 5.41) is 4.32. The van der Waals surface area contributed by atoms with Gasteiger partial charge in [0.05, 0.1) is 17.4 Å². The molecule has 0 amide bonds.